The Bertz CT molecular complexity index is 1810. The summed E-state index contributed by atoms with van der Waals surface area (Å²) in [6.07, 6.45) is 5.48. The van der Waals surface area contributed by atoms with E-state index in [1.54, 1.807) is 6.20 Å². The molecule has 2 aromatic carbocycles. The second-order valence-electron chi connectivity index (χ2n) is 10.4. The molecule has 0 saturated carbocycles. The minimum absolute atomic E-state index is 0.0319. The molecule has 8 rings (SSSR count). The van der Waals surface area contributed by atoms with Crippen LogP contribution in [0, 0.1) is 0 Å². The number of carbonyl (C=O) groups is 1. The van der Waals surface area contributed by atoms with Gasteiger partial charge in [0.2, 0.25) is 0 Å². The van der Waals surface area contributed by atoms with Gasteiger partial charge in [-0.3, -0.25) is 14.0 Å². The Morgan fingerprint density at radius 1 is 1.03 bits per heavy atom. The third-order valence-corrected chi connectivity index (χ3v) is 8.66. The van der Waals surface area contributed by atoms with Gasteiger partial charge in [-0.25, -0.2) is 4.98 Å². The van der Waals surface area contributed by atoms with Crippen LogP contribution in [-0.4, -0.2) is 43.0 Å². The summed E-state index contributed by atoms with van der Waals surface area (Å²) >= 11 is 6.19. The van der Waals surface area contributed by atoms with Crippen molar-refractivity contribution < 1.29 is 9.53 Å². The third kappa shape index (κ3) is 3.04. The first kappa shape index (κ1) is 22.1. The Labute approximate surface area is 222 Å². The van der Waals surface area contributed by atoms with E-state index in [9.17, 15) is 9.59 Å². The zero-order valence-corrected chi connectivity index (χ0v) is 21.2. The zero-order valence-electron chi connectivity index (χ0n) is 20.4. The number of fused-ring (bicyclic) bond motifs is 7. The van der Waals surface area contributed by atoms with Crippen LogP contribution in [-0.2, 0) is 11.3 Å². The molecule has 5 aromatic rings. The maximum Gasteiger partial charge on any atom is 0.274 e. The number of aromatic amines is 1. The van der Waals surface area contributed by atoms with Crippen LogP contribution in [0.15, 0.2) is 65.7 Å². The largest absolute Gasteiger partial charge is 0.381 e. The van der Waals surface area contributed by atoms with Crippen LogP contribution < -0.4 is 5.56 Å². The third-order valence-electron chi connectivity index (χ3n) is 8.40. The van der Waals surface area contributed by atoms with Crippen molar-refractivity contribution in [3.05, 3.63) is 105 Å². The fourth-order valence-corrected chi connectivity index (χ4v) is 6.75. The van der Waals surface area contributed by atoms with E-state index in [1.807, 2.05) is 45.7 Å². The van der Waals surface area contributed by atoms with Gasteiger partial charge in [0.25, 0.3) is 11.5 Å². The number of hydrogen-bond donors (Lipinski definition) is 1. The van der Waals surface area contributed by atoms with E-state index in [0.717, 1.165) is 41.0 Å². The molecule has 1 amide bonds. The first-order chi connectivity index (χ1) is 18.6. The maximum atomic E-state index is 14.0. The van der Waals surface area contributed by atoms with Crippen molar-refractivity contribution in [3.63, 3.8) is 0 Å². The topological polar surface area (TPSA) is 84.6 Å². The average molecular weight is 526 g/mol. The number of rotatable bonds is 2. The van der Waals surface area contributed by atoms with E-state index in [-0.39, 0.29) is 29.5 Å². The minimum Gasteiger partial charge on any atom is -0.381 e. The molecule has 0 spiro atoms. The number of imidazole rings is 1. The van der Waals surface area contributed by atoms with Crippen molar-refractivity contribution in [2.45, 2.75) is 37.4 Å². The molecule has 6 heterocycles. The lowest BCUT2D eigenvalue weighted by molar-refractivity contribution is 0.0588. The van der Waals surface area contributed by atoms with Gasteiger partial charge < -0.3 is 19.2 Å². The van der Waals surface area contributed by atoms with Crippen LogP contribution in [0.5, 0.6) is 0 Å². The molecule has 1 N–H and O–H groups in total. The normalized spacial score (nSPS) is 21.2. The molecule has 0 radical (unpaired) electrons. The van der Waals surface area contributed by atoms with Crippen molar-refractivity contribution in [2.24, 2.45) is 0 Å². The molecule has 0 aliphatic carbocycles. The highest BCUT2D eigenvalue weighted by atomic mass is 35.5. The summed E-state index contributed by atoms with van der Waals surface area (Å²) in [5.41, 5.74) is 5.52. The number of halogens is 1. The lowest BCUT2D eigenvalue weighted by atomic mass is 9.96. The van der Waals surface area contributed by atoms with Crippen LogP contribution in [0.25, 0.3) is 16.6 Å². The summed E-state index contributed by atoms with van der Waals surface area (Å²) in [4.78, 5) is 36.8. The summed E-state index contributed by atoms with van der Waals surface area (Å²) < 4.78 is 9.80. The molecule has 8 nitrogen and oxygen atoms in total. The molecule has 3 aromatic heterocycles. The van der Waals surface area contributed by atoms with Gasteiger partial charge in [0.15, 0.2) is 0 Å². The molecule has 0 bridgehead atoms. The average Bonchev–Trinajstić information content (AvgIpc) is 3.65. The van der Waals surface area contributed by atoms with Crippen LogP contribution in [0.2, 0.25) is 5.02 Å². The molecule has 3 aliphatic rings. The first-order valence-corrected chi connectivity index (χ1v) is 13.3. The fraction of sp³-hybridized carbons (Fsp3) is 0.276. The Balaban J connectivity index is 1.34. The molecule has 38 heavy (non-hydrogen) atoms. The van der Waals surface area contributed by atoms with Gasteiger partial charge in [-0.05, 0) is 60.4 Å². The Morgan fingerprint density at radius 2 is 1.84 bits per heavy atom. The standard InChI is InChI=1S/C29H24ClN5O3/c30-18-5-3-16(4-6-18)26-22-2-1-9-33(22)15-25-19-13-23-21(12-20(19)29(37)35(25)26)32-28(36)24-14-31-27(34(23)24)17-7-10-38-11-8-17/h1-6,9,12-14,17,25-26H,7-8,10-11,15H2,(H,32,36). The number of benzene rings is 2. The van der Waals surface area contributed by atoms with E-state index in [2.05, 4.69) is 27.9 Å². The second-order valence-corrected chi connectivity index (χ2v) is 10.8. The van der Waals surface area contributed by atoms with Crippen molar-refractivity contribution in [1.82, 2.24) is 23.8 Å². The Morgan fingerprint density at radius 3 is 2.66 bits per heavy atom. The fourth-order valence-electron chi connectivity index (χ4n) is 6.62. The highest BCUT2D eigenvalue weighted by Crippen LogP contribution is 2.47. The quantitative estimate of drug-likeness (QED) is 0.358. The van der Waals surface area contributed by atoms with Gasteiger partial charge >= 0.3 is 0 Å². The van der Waals surface area contributed by atoms with Crippen LogP contribution in [0.1, 0.15) is 63.8 Å². The smallest absolute Gasteiger partial charge is 0.274 e. The predicted molar refractivity (Wildman–Crippen MR) is 143 cm³/mol. The maximum absolute atomic E-state index is 14.0. The van der Waals surface area contributed by atoms with E-state index in [1.165, 1.54) is 0 Å². The SMILES string of the molecule is O=C1c2cc3[nH]c(=O)c4cnc(C5CCOCC5)n4c3cc2C2Cn3cccc3C(c3ccc(Cl)cc3)N12. The lowest BCUT2D eigenvalue weighted by Crippen LogP contribution is -2.40. The monoisotopic (exact) mass is 525 g/mol. The summed E-state index contributed by atoms with van der Waals surface area (Å²) in [6, 6.07) is 15.4. The Hall–Kier alpha value is -3.88. The van der Waals surface area contributed by atoms with E-state index < -0.39 is 0 Å². The van der Waals surface area contributed by atoms with Crippen molar-refractivity contribution >= 4 is 34.1 Å². The van der Waals surface area contributed by atoms with E-state index in [0.29, 0.717) is 41.4 Å². The van der Waals surface area contributed by atoms with Gasteiger partial charge in [0.1, 0.15) is 11.3 Å². The van der Waals surface area contributed by atoms with Gasteiger partial charge in [-0.2, -0.15) is 0 Å². The predicted octanol–water partition coefficient (Wildman–Crippen LogP) is 4.82. The van der Waals surface area contributed by atoms with Gasteiger partial charge in [-0.15, -0.1) is 0 Å². The number of amides is 1. The minimum atomic E-state index is -0.242. The molecule has 3 aliphatic heterocycles. The zero-order chi connectivity index (χ0) is 25.5. The summed E-state index contributed by atoms with van der Waals surface area (Å²) in [7, 11) is 0. The van der Waals surface area contributed by atoms with Crippen LogP contribution in [0.4, 0.5) is 0 Å². The molecular formula is C29H24ClN5O3. The molecule has 9 heteroatoms. The summed E-state index contributed by atoms with van der Waals surface area (Å²) in [6.45, 7) is 2.04. The number of carbonyl (C=O) groups excluding carboxylic acids is 1. The molecule has 1 saturated heterocycles. The lowest BCUT2D eigenvalue weighted by Gasteiger charge is -2.39. The molecule has 190 valence electrons. The number of nitrogens with one attached hydrogen (secondary N) is 1. The molecule has 2 unspecified atom stereocenters. The first-order valence-electron chi connectivity index (χ1n) is 13.0. The van der Waals surface area contributed by atoms with Crippen molar-refractivity contribution in [2.75, 3.05) is 13.2 Å². The van der Waals surface area contributed by atoms with Gasteiger partial charge in [0, 0.05) is 48.2 Å². The number of H-pyrrole nitrogens is 1. The molecule has 1 fully saturated rings. The summed E-state index contributed by atoms with van der Waals surface area (Å²) in [5, 5.41) is 0.660. The number of aromatic nitrogens is 4. The molecular weight excluding hydrogens is 502 g/mol. The Kier molecular flexibility index (Phi) is 4.69. The van der Waals surface area contributed by atoms with Gasteiger partial charge in [-0.1, -0.05) is 23.7 Å². The highest BCUT2D eigenvalue weighted by molar-refractivity contribution is 6.30. The number of hydrogen-bond acceptors (Lipinski definition) is 4. The highest BCUT2D eigenvalue weighted by Gasteiger charge is 2.46. The summed E-state index contributed by atoms with van der Waals surface area (Å²) in [5.74, 6) is 1.07. The van der Waals surface area contributed by atoms with Crippen LogP contribution in [0.3, 0.4) is 0 Å². The van der Waals surface area contributed by atoms with Crippen molar-refractivity contribution in [1.29, 1.82) is 0 Å². The number of ether oxygens (including phenoxy) is 1. The van der Waals surface area contributed by atoms with Crippen molar-refractivity contribution in [3.8, 4) is 0 Å². The van der Waals surface area contributed by atoms with Crippen LogP contribution >= 0.6 is 11.6 Å². The molecule has 2 atom stereocenters. The second kappa shape index (κ2) is 8.06. The van der Waals surface area contributed by atoms with Gasteiger partial charge in [0.05, 0.1) is 29.3 Å². The van der Waals surface area contributed by atoms with E-state index in [4.69, 9.17) is 21.3 Å². The number of nitrogens with zero attached hydrogens (tertiary/aromatic N) is 4. The van der Waals surface area contributed by atoms with E-state index >= 15 is 0 Å².